The molecule has 3 aromatic rings. The van der Waals surface area contributed by atoms with Crippen LogP contribution in [0.1, 0.15) is 44.3 Å². The Kier molecular flexibility index (Phi) is 4.17. The van der Waals surface area contributed by atoms with Crippen molar-refractivity contribution in [3.05, 3.63) is 55.6 Å². The molecule has 5 nitrogen and oxygen atoms in total. The third-order valence-electron chi connectivity index (χ3n) is 3.95. The average Bonchev–Trinajstić information content (AvgIpc) is 3.02. The minimum absolute atomic E-state index is 0.0356. The highest BCUT2D eigenvalue weighted by Gasteiger charge is 2.26. The number of halogens is 2. The summed E-state index contributed by atoms with van der Waals surface area (Å²) in [6.07, 6.45) is -2.46. The number of aromatic hydroxyl groups is 2. The fraction of sp³-hybridized carbons (Fsp3) is 0.222. The van der Waals surface area contributed by atoms with E-state index in [1.165, 1.54) is 6.92 Å². The van der Waals surface area contributed by atoms with Crippen molar-refractivity contribution in [2.75, 3.05) is 0 Å². The maximum atomic E-state index is 11.0. The van der Waals surface area contributed by atoms with Crippen molar-refractivity contribution in [1.29, 1.82) is 0 Å². The van der Waals surface area contributed by atoms with Gasteiger partial charge < -0.3 is 24.8 Å². The molecule has 0 aliphatic carbocycles. The lowest BCUT2D eigenvalue weighted by atomic mass is 9.96. The molecule has 0 spiro atoms. The van der Waals surface area contributed by atoms with E-state index in [1.807, 2.05) is 6.92 Å². The Balaban J connectivity index is 2.38. The lowest BCUT2D eigenvalue weighted by Crippen LogP contribution is -2.04. The Morgan fingerprint density at radius 1 is 1.08 bits per heavy atom. The molecule has 0 fully saturated rings. The van der Waals surface area contributed by atoms with E-state index in [1.54, 1.807) is 12.1 Å². The van der Waals surface area contributed by atoms with Gasteiger partial charge in [0.05, 0.1) is 2.74 Å². The Labute approximate surface area is 163 Å². The van der Waals surface area contributed by atoms with E-state index in [0.29, 0.717) is 5.56 Å². The Bertz CT molecular complexity index is 1040. The van der Waals surface area contributed by atoms with Crippen molar-refractivity contribution < 1.29 is 27.6 Å². The maximum Gasteiger partial charge on any atom is 0.161 e. The van der Waals surface area contributed by atoms with Gasteiger partial charge in [-0.05, 0) is 43.1 Å². The lowest BCUT2D eigenvalue weighted by molar-refractivity contribution is 0.160. The molecule has 0 amide bonds. The van der Waals surface area contributed by atoms with Crippen molar-refractivity contribution in [2.24, 2.45) is 0 Å². The van der Waals surface area contributed by atoms with Crippen molar-refractivity contribution in [3.63, 3.8) is 0 Å². The van der Waals surface area contributed by atoms with Crippen LogP contribution in [0.3, 0.4) is 0 Å². The summed E-state index contributed by atoms with van der Waals surface area (Å²) in [6, 6.07) is 2.38. The third kappa shape index (κ3) is 3.17. The Morgan fingerprint density at radius 2 is 1.64 bits per heavy atom. The topological polar surface area (TPSA) is 94.1 Å². The van der Waals surface area contributed by atoms with Crippen molar-refractivity contribution in [2.45, 2.75) is 26.1 Å². The van der Waals surface area contributed by atoms with Crippen LogP contribution < -0.4 is 0 Å². The zero-order chi connectivity index (χ0) is 20.2. The summed E-state index contributed by atoms with van der Waals surface area (Å²) in [5.74, 6) is -1.62. The molecule has 1 heterocycles. The number of hydrogen-bond acceptors (Lipinski definition) is 5. The second-order valence-corrected chi connectivity index (χ2v) is 7.43. The summed E-state index contributed by atoms with van der Waals surface area (Å²) in [4.78, 5) is 0. The van der Waals surface area contributed by atoms with Gasteiger partial charge in [-0.25, -0.2) is 0 Å². The molecule has 0 saturated carbocycles. The summed E-state index contributed by atoms with van der Waals surface area (Å²) in [7, 11) is 0. The number of aliphatic hydroxyl groups excluding tert-OH is 2. The molecule has 3 rings (SSSR count). The number of benzene rings is 2. The van der Waals surface area contributed by atoms with Gasteiger partial charge in [-0.2, -0.15) is 0 Å². The van der Waals surface area contributed by atoms with Gasteiger partial charge in [0, 0.05) is 25.9 Å². The zero-order valence-corrected chi connectivity index (χ0v) is 16.4. The molecule has 0 aliphatic rings. The van der Waals surface area contributed by atoms with Crippen LogP contribution in [0.15, 0.2) is 37.6 Å². The molecule has 4 N–H and O–H groups in total. The van der Waals surface area contributed by atoms with E-state index in [2.05, 4.69) is 31.9 Å². The molecule has 0 saturated heterocycles. The van der Waals surface area contributed by atoms with Crippen LogP contribution >= 0.6 is 31.9 Å². The molecule has 0 radical (unpaired) electrons. The van der Waals surface area contributed by atoms with Gasteiger partial charge in [0.15, 0.2) is 11.5 Å². The molecule has 2 unspecified atom stereocenters. The number of rotatable bonds is 3. The average molecular weight is 474 g/mol. The second kappa shape index (κ2) is 6.64. The van der Waals surface area contributed by atoms with Gasteiger partial charge >= 0.3 is 0 Å². The first-order valence-electron chi connectivity index (χ1n) is 8.35. The summed E-state index contributed by atoms with van der Waals surface area (Å²) >= 11 is 6.84. The van der Waals surface area contributed by atoms with E-state index in [9.17, 15) is 20.4 Å². The predicted octanol–water partition coefficient (Wildman–Crippen LogP) is 4.81. The minimum Gasteiger partial charge on any atom is -0.504 e. The number of hydrogen-bond donors (Lipinski definition) is 4. The van der Waals surface area contributed by atoms with Crippen LogP contribution in [0.5, 0.6) is 11.5 Å². The van der Waals surface area contributed by atoms with E-state index in [4.69, 9.17) is 7.16 Å². The van der Waals surface area contributed by atoms with Gasteiger partial charge in [0.1, 0.15) is 23.6 Å². The molecule has 0 bridgehead atoms. The largest absolute Gasteiger partial charge is 0.504 e. The quantitative estimate of drug-likeness (QED) is 0.409. The first-order valence-corrected chi connectivity index (χ1v) is 8.93. The van der Waals surface area contributed by atoms with Crippen LogP contribution in [-0.2, 0) is 0 Å². The van der Waals surface area contributed by atoms with Crippen LogP contribution in [0.4, 0.5) is 0 Å². The number of furan rings is 1. The number of phenols is 2. The molecule has 25 heavy (non-hydrogen) atoms. The highest BCUT2D eigenvalue weighted by atomic mass is 79.9. The molecular formula is C18H16Br2O5. The first-order chi connectivity index (χ1) is 12.6. The van der Waals surface area contributed by atoms with Gasteiger partial charge in [-0.15, -0.1) is 0 Å². The van der Waals surface area contributed by atoms with Crippen LogP contribution in [0, 0.1) is 6.92 Å². The second-order valence-electron chi connectivity index (χ2n) is 5.72. The summed E-state index contributed by atoms with van der Waals surface area (Å²) in [6.45, 7) is 3.30. The fourth-order valence-corrected chi connectivity index (χ4v) is 3.81. The van der Waals surface area contributed by atoms with Gasteiger partial charge in [-0.3, -0.25) is 0 Å². The normalized spacial score (nSPS) is 15.1. The standard InChI is InChI=1S/C18H16Br2O5/c1-7-11(19)3-9(4-12(7)20)17(24)16-10-5-13(22)14(23)6-15(10)25-18(16)8(2)21/h3-6,8,17,21-24H,1-2H3/i5D,6D. The monoisotopic (exact) mass is 472 g/mol. The number of phenolic OH excluding ortho intramolecular Hbond substituents is 2. The maximum absolute atomic E-state index is 11.0. The van der Waals surface area contributed by atoms with Crippen LogP contribution in [-0.4, -0.2) is 20.4 Å². The van der Waals surface area contributed by atoms with E-state index in [0.717, 1.165) is 14.5 Å². The van der Waals surface area contributed by atoms with E-state index in [-0.39, 0.29) is 22.3 Å². The molecule has 7 heteroatoms. The summed E-state index contributed by atoms with van der Waals surface area (Å²) in [5, 5.41) is 40.9. The summed E-state index contributed by atoms with van der Waals surface area (Å²) < 4.78 is 23.1. The lowest BCUT2D eigenvalue weighted by Gasteiger charge is -2.15. The van der Waals surface area contributed by atoms with Gasteiger partial charge in [-0.1, -0.05) is 31.9 Å². The third-order valence-corrected chi connectivity index (χ3v) is 5.59. The fourth-order valence-electron chi connectivity index (χ4n) is 2.59. The van der Waals surface area contributed by atoms with Gasteiger partial charge in [0.25, 0.3) is 0 Å². The molecule has 132 valence electrons. The Hall–Kier alpha value is -1.54. The van der Waals surface area contributed by atoms with Crippen molar-refractivity contribution in [3.8, 4) is 11.5 Å². The Morgan fingerprint density at radius 3 is 2.20 bits per heavy atom. The minimum atomic E-state index is -1.31. The van der Waals surface area contributed by atoms with Crippen molar-refractivity contribution >= 4 is 42.8 Å². The highest BCUT2D eigenvalue weighted by molar-refractivity contribution is 9.11. The zero-order valence-electron chi connectivity index (χ0n) is 15.3. The van der Waals surface area contributed by atoms with Crippen molar-refractivity contribution in [1.82, 2.24) is 0 Å². The van der Waals surface area contributed by atoms with Gasteiger partial charge in [0.2, 0.25) is 0 Å². The van der Waals surface area contributed by atoms with Crippen LogP contribution in [0.25, 0.3) is 11.0 Å². The van der Waals surface area contributed by atoms with E-state index >= 15 is 0 Å². The molecule has 2 atom stereocenters. The molecular weight excluding hydrogens is 456 g/mol. The molecule has 1 aromatic heterocycles. The summed E-state index contributed by atoms with van der Waals surface area (Å²) in [5.41, 5.74) is 1.25. The number of fused-ring (bicyclic) bond motifs is 1. The number of aliphatic hydroxyl groups is 2. The predicted molar refractivity (Wildman–Crippen MR) is 101 cm³/mol. The SMILES string of the molecule is [2H]c1c(O)c(O)c([2H])c2c(C(O)c3cc(Br)c(C)c(Br)c3)c(C(C)O)oc12. The molecule has 0 aliphatic heterocycles. The van der Waals surface area contributed by atoms with E-state index < -0.39 is 35.8 Å². The highest BCUT2D eigenvalue weighted by Crippen LogP contribution is 2.42. The first kappa shape index (κ1) is 15.7. The molecule has 2 aromatic carbocycles. The smallest absolute Gasteiger partial charge is 0.161 e. The van der Waals surface area contributed by atoms with Crippen LogP contribution in [0.2, 0.25) is 0 Å².